The Kier molecular flexibility index (Phi) is 6.33. The highest BCUT2D eigenvalue weighted by Gasteiger charge is 1.99. The molecule has 0 fully saturated rings. The van der Waals surface area contributed by atoms with Crippen LogP contribution in [0.25, 0.3) is 0 Å². The quantitative estimate of drug-likeness (QED) is 0.681. The fraction of sp³-hybridized carbons (Fsp3) is 0.500. The minimum Gasteiger partial charge on any atom is -0.481 e. The van der Waals surface area contributed by atoms with Crippen LogP contribution in [0.15, 0.2) is 24.3 Å². The van der Waals surface area contributed by atoms with Gasteiger partial charge in [0, 0.05) is 13.0 Å². The molecule has 0 aliphatic carbocycles. The van der Waals surface area contributed by atoms with Gasteiger partial charge in [0.2, 0.25) is 0 Å². The van der Waals surface area contributed by atoms with E-state index < -0.39 is 5.97 Å². The molecule has 2 N–H and O–H groups in total. The summed E-state index contributed by atoms with van der Waals surface area (Å²) in [5.41, 5.74) is 2.34. The summed E-state index contributed by atoms with van der Waals surface area (Å²) in [4.78, 5) is 10.4. The Bertz CT molecular complexity index is 333. The van der Waals surface area contributed by atoms with E-state index in [1.165, 1.54) is 18.4 Å². The lowest BCUT2D eigenvalue weighted by Gasteiger charge is -2.05. The van der Waals surface area contributed by atoms with Gasteiger partial charge in [-0.05, 0) is 30.5 Å². The highest BCUT2D eigenvalue weighted by atomic mass is 16.4. The molecule has 3 heteroatoms. The Labute approximate surface area is 103 Å². The number of hydrogen-bond donors (Lipinski definition) is 2. The van der Waals surface area contributed by atoms with E-state index in [0.29, 0.717) is 6.42 Å². The van der Waals surface area contributed by atoms with Crippen LogP contribution >= 0.6 is 0 Å². The molecule has 0 saturated carbocycles. The third-order valence-corrected chi connectivity index (χ3v) is 2.69. The Morgan fingerprint density at radius 2 is 1.88 bits per heavy atom. The maximum atomic E-state index is 10.4. The van der Waals surface area contributed by atoms with Gasteiger partial charge in [-0.2, -0.15) is 0 Å². The van der Waals surface area contributed by atoms with Crippen molar-refractivity contribution in [3.8, 4) is 0 Å². The minimum absolute atomic E-state index is 0.202. The predicted octanol–water partition coefficient (Wildman–Crippen LogP) is 2.59. The molecule has 17 heavy (non-hydrogen) atoms. The normalized spacial score (nSPS) is 10.4. The van der Waals surface area contributed by atoms with Gasteiger partial charge >= 0.3 is 5.97 Å². The summed E-state index contributed by atoms with van der Waals surface area (Å²) in [5.74, 6) is -0.740. The van der Waals surface area contributed by atoms with Gasteiger partial charge in [0.1, 0.15) is 0 Å². The van der Waals surface area contributed by atoms with Crippen LogP contribution in [-0.2, 0) is 17.8 Å². The number of nitrogens with one attached hydrogen (secondary N) is 1. The predicted molar refractivity (Wildman–Crippen MR) is 69.0 cm³/mol. The molecular weight excluding hydrogens is 214 g/mol. The van der Waals surface area contributed by atoms with Crippen molar-refractivity contribution in [2.24, 2.45) is 0 Å². The van der Waals surface area contributed by atoms with Crippen LogP contribution in [0.2, 0.25) is 0 Å². The van der Waals surface area contributed by atoms with Gasteiger partial charge in [-0.25, -0.2) is 0 Å². The fourth-order valence-corrected chi connectivity index (χ4v) is 1.61. The van der Waals surface area contributed by atoms with Crippen LogP contribution in [0.3, 0.4) is 0 Å². The number of carboxylic acid groups (broad SMARTS) is 1. The van der Waals surface area contributed by atoms with Crippen molar-refractivity contribution < 1.29 is 9.90 Å². The first-order valence-electron chi connectivity index (χ1n) is 6.22. The maximum absolute atomic E-state index is 10.4. The lowest BCUT2D eigenvalue weighted by atomic mass is 10.1. The second-order valence-corrected chi connectivity index (χ2v) is 4.24. The number of rotatable bonds is 8. The van der Waals surface area contributed by atoms with E-state index >= 15 is 0 Å². The Morgan fingerprint density at radius 1 is 1.24 bits per heavy atom. The number of unbranched alkanes of at least 4 members (excludes halogenated alkanes) is 1. The first kappa shape index (κ1) is 13.7. The number of aliphatic carboxylic acids is 1. The molecule has 0 saturated heterocycles. The maximum Gasteiger partial charge on any atom is 0.303 e. The number of carbonyl (C=O) groups is 1. The van der Waals surface area contributed by atoms with Gasteiger partial charge in [-0.3, -0.25) is 4.79 Å². The molecule has 0 aliphatic rings. The molecule has 0 bridgehead atoms. The summed E-state index contributed by atoms with van der Waals surface area (Å²) >= 11 is 0. The van der Waals surface area contributed by atoms with E-state index in [4.69, 9.17) is 5.11 Å². The molecular formula is C14H21NO2. The number of benzene rings is 1. The van der Waals surface area contributed by atoms with Crippen molar-refractivity contribution in [1.29, 1.82) is 0 Å². The summed E-state index contributed by atoms with van der Waals surface area (Å²) in [6.45, 7) is 4.12. The number of hydrogen-bond acceptors (Lipinski definition) is 2. The van der Waals surface area contributed by atoms with Crippen molar-refractivity contribution in [1.82, 2.24) is 5.32 Å². The average Bonchev–Trinajstić information content (AvgIpc) is 2.33. The number of aryl methyl sites for hydroxylation is 1. The van der Waals surface area contributed by atoms with Crippen LogP contribution in [0.4, 0.5) is 0 Å². The van der Waals surface area contributed by atoms with Gasteiger partial charge in [0.05, 0.1) is 0 Å². The zero-order valence-corrected chi connectivity index (χ0v) is 10.4. The lowest BCUT2D eigenvalue weighted by Crippen LogP contribution is -2.14. The molecule has 0 spiro atoms. The summed E-state index contributed by atoms with van der Waals surface area (Å²) in [7, 11) is 0. The molecule has 1 aromatic carbocycles. The standard InChI is InChI=1S/C14H21NO2/c1-2-3-10-15-11-13-6-4-12(5-7-13)8-9-14(16)17/h4-7,15H,2-3,8-11H2,1H3,(H,16,17). The number of carboxylic acids is 1. The SMILES string of the molecule is CCCCNCc1ccc(CCC(=O)O)cc1. The van der Waals surface area contributed by atoms with E-state index in [0.717, 1.165) is 18.7 Å². The van der Waals surface area contributed by atoms with E-state index in [1.54, 1.807) is 0 Å². The second kappa shape index (κ2) is 7.85. The molecule has 0 unspecified atom stereocenters. The highest BCUT2D eigenvalue weighted by molar-refractivity contribution is 5.67. The smallest absolute Gasteiger partial charge is 0.303 e. The molecule has 3 nitrogen and oxygen atoms in total. The molecule has 0 aromatic heterocycles. The molecule has 94 valence electrons. The zero-order valence-electron chi connectivity index (χ0n) is 10.4. The molecule has 1 aromatic rings. The van der Waals surface area contributed by atoms with Crippen molar-refractivity contribution in [2.45, 2.75) is 39.2 Å². The summed E-state index contributed by atoms with van der Waals surface area (Å²) in [6, 6.07) is 8.16. The first-order valence-corrected chi connectivity index (χ1v) is 6.22. The van der Waals surface area contributed by atoms with Crippen LogP contribution in [0, 0.1) is 0 Å². The third kappa shape index (κ3) is 6.07. The Hall–Kier alpha value is -1.35. The third-order valence-electron chi connectivity index (χ3n) is 2.69. The monoisotopic (exact) mass is 235 g/mol. The highest BCUT2D eigenvalue weighted by Crippen LogP contribution is 2.06. The van der Waals surface area contributed by atoms with E-state index in [1.807, 2.05) is 12.1 Å². The van der Waals surface area contributed by atoms with Crippen molar-refractivity contribution in [3.63, 3.8) is 0 Å². The van der Waals surface area contributed by atoms with E-state index in [2.05, 4.69) is 24.4 Å². The topological polar surface area (TPSA) is 49.3 Å². The van der Waals surface area contributed by atoms with Crippen molar-refractivity contribution in [2.75, 3.05) is 6.54 Å². The minimum atomic E-state index is -0.740. The lowest BCUT2D eigenvalue weighted by molar-refractivity contribution is -0.136. The largest absolute Gasteiger partial charge is 0.481 e. The van der Waals surface area contributed by atoms with Gasteiger partial charge in [0.25, 0.3) is 0 Å². The van der Waals surface area contributed by atoms with E-state index in [-0.39, 0.29) is 6.42 Å². The average molecular weight is 235 g/mol. The van der Waals surface area contributed by atoms with Gasteiger partial charge in [-0.15, -0.1) is 0 Å². The van der Waals surface area contributed by atoms with Crippen molar-refractivity contribution in [3.05, 3.63) is 35.4 Å². The Balaban J connectivity index is 2.31. The first-order chi connectivity index (χ1) is 8.22. The summed E-state index contributed by atoms with van der Waals surface area (Å²) in [5, 5.41) is 12.0. The van der Waals surface area contributed by atoms with Gasteiger partial charge in [0.15, 0.2) is 0 Å². The van der Waals surface area contributed by atoms with Gasteiger partial charge in [-0.1, -0.05) is 37.6 Å². The summed E-state index contributed by atoms with van der Waals surface area (Å²) < 4.78 is 0. The molecule has 0 aliphatic heterocycles. The molecule has 0 atom stereocenters. The van der Waals surface area contributed by atoms with Crippen LogP contribution < -0.4 is 5.32 Å². The van der Waals surface area contributed by atoms with Gasteiger partial charge < -0.3 is 10.4 Å². The molecule has 0 heterocycles. The van der Waals surface area contributed by atoms with Crippen molar-refractivity contribution >= 4 is 5.97 Å². The fourth-order valence-electron chi connectivity index (χ4n) is 1.61. The molecule has 0 amide bonds. The van der Waals surface area contributed by atoms with Crippen LogP contribution in [0.5, 0.6) is 0 Å². The molecule has 1 rings (SSSR count). The summed E-state index contributed by atoms with van der Waals surface area (Å²) in [6.07, 6.45) is 3.23. The Morgan fingerprint density at radius 3 is 2.47 bits per heavy atom. The second-order valence-electron chi connectivity index (χ2n) is 4.24. The van der Waals surface area contributed by atoms with E-state index in [9.17, 15) is 4.79 Å². The van der Waals surface area contributed by atoms with Crippen LogP contribution in [0.1, 0.15) is 37.3 Å². The zero-order chi connectivity index (χ0) is 12.5. The van der Waals surface area contributed by atoms with Crippen LogP contribution in [-0.4, -0.2) is 17.6 Å². The molecule has 0 radical (unpaired) electrons.